The van der Waals surface area contributed by atoms with E-state index in [9.17, 15) is 0 Å². The zero-order chi connectivity index (χ0) is 13.9. The molecule has 1 aromatic carbocycles. The molecule has 0 spiro atoms. The number of rotatable bonds is 4. The number of hydrazine groups is 1. The Morgan fingerprint density at radius 2 is 2.11 bits per heavy atom. The van der Waals surface area contributed by atoms with Crippen LogP contribution < -0.4 is 11.3 Å². The van der Waals surface area contributed by atoms with E-state index in [2.05, 4.69) is 16.5 Å². The Balaban J connectivity index is 2.20. The summed E-state index contributed by atoms with van der Waals surface area (Å²) < 4.78 is 5.79. The fourth-order valence-corrected chi connectivity index (χ4v) is 1.88. The summed E-state index contributed by atoms with van der Waals surface area (Å²) >= 11 is 0. The summed E-state index contributed by atoms with van der Waals surface area (Å²) in [5.41, 5.74) is 4.73. The first-order valence-corrected chi connectivity index (χ1v) is 6.44. The summed E-state index contributed by atoms with van der Waals surface area (Å²) in [7, 11) is 0. The summed E-state index contributed by atoms with van der Waals surface area (Å²) in [6.45, 7) is 6.63. The zero-order valence-electron chi connectivity index (χ0n) is 11.7. The molecular weight excluding hydrogens is 238 g/mol. The topological polar surface area (TPSA) is 60.2 Å². The molecule has 1 aromatic heterocycles. The molecule has 0 amide bonds. The van der Waals surface area contributed by atoms with Gasteiger partial charge in [0.25, 0.3) is 0 Å². The molecule has 0 bridgehead atoms. The van der Waals surface area contributed by atoms with E-state index >= 15 is 0 Å². The summed E-state index contributed by atoms with van der Waals surface area (Å²) in [4.78, 5) is 4.31. The van der Waals surface area contributed by atoms with Crippen LogP contribution in [-0.4, -0.2) is 17.2 Å². The fourth-order valence-electron chi connectivity index (χ4n) is 1.88. The lowest BCUT2D eigenvalue weighted by molar-refractivity contribution is -0.0147. The molecule has 2 rings (SSSR count). The number of hydrogen-bond acceptors (Lipinski definition) is 4. The Morgan fingerprint density at radius 1 is 1.32 bits per heavy atom. The molecule has 1 unspecified atom stereocenters. The van der Waals surface area contributed by atoms with Crippen molar-refractivity contribution in [2.45, 2.75) is 32.4 Å². The number of aromatic nitrogens is 1. The average molecular weight is 259 g/mol. The van der Waals surface area contributed by atoms with Crippen LogP contribution in [0.5, 0.6) is 0 Å². The molecule has 19 heavy (non-hydrogen) atoms. The Kier molecular flexibility index (Phi) is 4.14. The molecule has 1 heterocycles. The van der Waals surface area contributed by atoms with Crippen molar-refractivity contribution in [3.8, 4) is 0 Å². The van der Waals surface area contributed by atoms with Gasteiger partial charge < -0.3 is 4.74 Å². The number of benzene rings is 1. The van der Waals surface area contributed by atoms with Crippen LogP contribution in [0.3, 0.4) is 0 Å². The first kappa shape index (κ1) is 13.9. The normalized spacial score (nSPS) is 13.7. The molecule has 4 nitrogen and oxygen atoms in total. The monoisotopic (exact) mass is 259 g/mol. The van der Waals surface area contributed by atoms with Gasteiger partial charge in [0.05, 0.1) is 23.8 Å². The second-order valence-electron chi connectivity index (χ2n) is 5.60. The molecule has 3 N–H and O–H groups in total. The highest BCUT2D eigenvalue weighted by molar-refractivity contribution is 5.79. The number of hydrogen-bond donors (Lipinski definition) is 2. The maximum atomic E-state index is 5.79. The van der Waals surface area contributed by atoms with Gasteiger partial charge in [0, 0.05) is 11.6 Å². The van der Waals surface area contributed by atoms with Crippen LogP contribution >= 0.6 is 0 Å². The van der Waals surface area contributed by atoms with Crippen molar-refractivity contribution in [1.82, 2.24) is 10.4 Å². The van der Waals surface area contributed by atoms with E-state index in [1.54, 1.807) is 6.20 Å². The maximum Gasteiger partial charge on any atom is 0.0702 e. The number of nitrogens with one attached hydrogen (secondary N) is 1. The molecule has 4 heteroatoms. The highest BCUT2D eigenvalue weighted by Crippen LogP contribution is 2.20. The maximum absolute atomic E-state index is 5.79. The number of pyridine rings is 1. The van der Waals surface area contributed by atoms with Crippen LogP contribution in [-0.2, 0) is 4.74 Å². The second-order valence-corrected chi connectivity index (χ2v) is 5.60. The van der Waals surface area contributed by atoms with Crippen LogP contribution in [0.4, 0.5) is 0 Å². The van der Waals surface area contributed by atoms with Gasteiger partial charge in [-0.25, -0.2) is 0 Å². The third-order valence-electron chi connectivity index (χ3n) is 2.91. The highest BCUT2D eigenvalue weighted by atomic mass is 16.5. The Morgan fingerprint density at radius 3 is 2.79 bits per heavy atom. The zero-order valence-corrected chi connectivity index (χ0v) is 11.7. The van der Waals surface area contributed by atoms with E-state index in [1.807, 2.05) is 45.0 Å². The lowest BCUT2D eigenvalue weighted by Gasteiger charge is -2.24. The molecule has 0 radical (unpaired) electrons. The smallest absolute Gasteiger partial charge is 0.0702 e. The van der Waals surface area contributed by atoms with Crippen LogP contribution in [0.1, 0.15) is 32.4 Å². The predicted molar refractivity (Wildman–Crippen MR) is 77.5 cm³/mol. The van der Waals surface area contributed by atoms with E-state index in [-0.39, 0.29) is 11.6 Å². The third kappa shape index (κ3) is 3.73. The van der Waals surface area contributed by atoms with Gasteiger partial charge in [-0.1, -0.05) is 12.1 Å². The molecule has 0 saturated heterocycles. The van der Waals surface area contributed by atoms with E-state index < -0.39 is 0 Å². The average Bonchev–Trinajstić information content (AvgIpc) is 2.38. The molecule has 0 aliphatic carbocycles. The summed E-state index contributed by atoms with van der Waals surface area (Å²) in [6, 6.07) is 10.1. The number of nitrogens with zero attached hydrogens (tertiary/aromatic N) is 1. The number of ether oxygens (including phenoxy) is 1. The van der Waals surface area contributed by atoms with Crippen molar-refractivity contribution >= 4 is 10.9 Å². The van der Waals surface area contributed by atoms with Crippen molar-refractivity contribution in [2.75, 3.05) is 6.61 Å². The van der Waals surface area contributed by atoms with Crippen molar-refractivity contribution in [3.05, 3.63) is 42.1 Å². The SMILES string of the molecule is CC(C)(C)OCC(NN)c1ccc2ncccc2c1. The first-order valence-electron chi connectivity index (χ1n) is 6.44. The minimum absolute atomic E-state index is 0.0242. The molecule has 102 valence electrons. The van der Waals surface area contributed by atoms with E-state index in [0.29, 0.717) is 6.61 Å². The summed E-state index contributed by atoms with van der Waals surface area (Å²) in [5.74, 6) is 5.63. The fraction of sp³-hybridized carbons (Fsp3) is 0.400. The number of fused-ring (bicyclic) bond motifs is 1. The van der Waals surface area contributed by atoms with Crippen LogP contribution in [0.15, 0.2) is 36.5 Å². The van der Waals surface area contributed by atoms with Gasteiger partial charge in [0.15, 0.2) is 0 Å². The Labute approximate surface area is 113 Å². The van der Waals surface area contributed by atoms with Crippen molar-refractivity contribution < 1.29 is 4.74 Å². The minimum Gasteiger partial charge on any atom is -0.374 e. The van der Waals surface area contributed by atoms with Crippen LogP contribution in [0, 0.1) is 0 Å². The van der Waals surface area contributed by atoms with Gasteiger partial charge in [-0.2, -0.15) is 0 Å². The highest BCUT2D eigenvalue weighted by Gasteiger charge is 2.16. The van der Waals surface area contributed by atoms with Crippen molar-refractivity contribution in [3.63, 3.8) is 0 Å². The Hall–Kier alpha value is -1.49. The molecule has 0 aliphatic heterocycles. The van der Waals surface area contributed by atoms with E-state index in [0.717, 1.165) is 16.5 Å². The summed E-state index contributed by atoms with van der Waals surface area (Å²) in [5, 5.41) is 1.11. The second kappa shape index (κ2) is 5.65. The molecule has 0 fully saturated rings. The Bertz CT molecular complexity index is 548. The van der Waals surface area contributed by atoms with Crippen LogP contribution in [0.2, 0.25) is 0 Å². The number of nitrogens with two attached hydrogens (primary N) is 1. The lowest BCUT2D eigenvalue weighted by atomic mass is 10.0. The molecule has 2 aromatic rings. The molecule has 0 aliphatic rings. The quantitative estimate of drug-likeness (QED) is 0.654. The molecule has 0 saturated carbocycles. The first-order chi connectivity index (χ1) is 8.99. The van der Waals surface area contributed by atoms with Gasteiger partial charge in [0.1, 0.15) is 0 Å². The minimum atomic E-state index is -0.173. The summed E-state index contributed by atoms with van der Waals surface area (Å²) in [6.07, 6.45) is 1.80. The van der Waals surface area contributed by atoms with E-state index in [1.165, 1.54) is 0 Å². The van der Waals surface area contributed by atoms with Gasteiger partial charge in [-0.05, 0) is 44.5 Å². The largest absolute Gasteiger partial charge is 0.374 e. The lowest BCUT2D eigenvalue weighted by Crippen LogP contribution is -2.34. The van der Waals surface area contributed by atoms with Gasteiger partial charge in [-0.15, -0.1) is 0 Å². The van der Waals surface area contributed by atoms with Crippen molar-refractivity contribution in [2.24, 2.45) is 5.84 Å². The molecular formula is C15H21N3O. The van der Waals surface area contributed by atoms with Crippen molar-refractivity contribution in [1.29, 1.82) is 0 Å². The third-order valence-corrected chi connectivity index (χ3v) is 2.91. The van der Waals surface area contributed by atoms with Crippen LogP contribution in [0.25, 0.3) is 10.9 Å². The molecule has 1 atom stereocenters. The van der Waals surface area contributed by atoms with Gasteiger partial charge in [-0.3, -0.25) is 16.3 Å². The standard InChI is InChI=1S/C15H21N3O/c1-15(2,3)19-10-14(18-16)12-6-7-13-11(9-12)5-4-8-17-13/h4-9,14,18H,10,16H2,1-3H3. The van der Waals surface area contributed by atoms with Gasteiger partial charge in [0.2, 0.25) is 0 Å². The van der Waals surface area contributed by atoms with E-state index in [4.69, 9.17) is 10.6 Å². The van der Waals surface area contributed by atoms with Gasteiger partial charge >= 0.3 is 0 Å². The predicted octanol–water partition coefficient (Wildman–Crippen LogP) is 2.55.